The van der Waals surface area contributed by atoms with E-state index in [2.05, 4.69) is 25.7 Å². The number of carbonyl (C=O) groups excluding carboxylic acids is 1. The lowest BCUT2D eigenvalue weighted by Crippen LogP contribution is -2.34. The molecule has 3 nitrogen and oxygen atoms in total. The monoisotopic (exact) mass is 201 g/mol. The third-order valence-corrected chi connectivity index (χ3v) is 2.21. The van der Waals surface area contributed by atoms with E-state index < -0.39 is 0 Å². The van der Waals surface area contributed by atoms with Crippen LogP contribution in [0.15, 0.2) is 0 Å². The second kappa shape index (κ2) is 6.82. The third-order valence-electron chi connectivity index (χ3n) is 2.21. The molecule has 0 aliphatic rings. The molecule has 0 saturated heterocycles. The van der Waals surface area contributed by atoms with Crippen molar-refractivity contribution < 1.29 is 9.53 Å². The average Bonchev–Trinajstić information content (AvgIpc) is 2.14. The summed E-state index contributed by atoms with van der Waals surface area (Å²) in [6.07, 6.45) is 0. The van der Waals surface area contributed by atoms with Crippen LogP contribution in [-0.4, -0.2) is 37.6 Å². The van der Waals surface area contributed by atoms with Gasteiger partial charge in [0.1, 0.15) is 0 Å². The maximum atomic E-state index is 11.2. The molecule has 14 heavy (non-hydrogen) atoms. The minimum Gasteiger partial charge on any atom is -0.469 e. The molecule has 0 aliphatic heterocycles. The van der Waals surface area contributed by atoms with Crippen molar-refractivity contribution >= 4 is 5.97 Å². The first-order valence-corrected chi connectivity index (χ1v) is 5.31. The molecule has 0 aromatic rings. The largest absolute Gasteiger partial charge is 0.469 e. The average molecular weight is 201 g/mol. The predicted molar refractivity (Wildman–Crippen MR) is 58.1 cm³/mol. The fourth-order valence-electron chi connectivity index (χ4n) is 1.51. The lowest BCUT2D eigenvalue weighted by Gasteiger charge is -2.24. The van der Waals surface area contributed by atoms with Gasteiger partial charge in [0.05, 0.1) is 13.0 Å². The van der Waals surface area contributed by atoms with Crippen molar-refractivity contribution in [1.29, 1.82) is 0 Å². The highest BCUT2D eigenvalue weighted by molar-refractivity contribution is 5.72. The van der Waals surface area contributed by atoms with E-state index >= 15 is 0 Å². The van der Waals surface area contributed by atoms with Gasteiger partial charge in [0.2, 0.25) is 0 Å². The number of carbonyl (C=O) groups is 1. The first-order valence-electron chi connectivity index (χ1n) is 5.31. The van der Waals surface area contributed by atoms with Gasteiger partial charge < -0.3 is 9.64 Å². The SMILES string of the molecule is CCN(CC(C)C)CC(C)C(=O)OC. The van der Waals surface area contributed by atoms with Gasteiger partial charge in [-0.25, -0.2) is 0 Å². The van der Waals surface area contributed by atoms with Gasteiger partial charge in [-0.1, -0.05) is 27.7 Å². The van der Waals surface area contributed by atoms with E-state index in [4.69, 9.17) is 4.74 Å². The van der Waals surface area contributed by atoms with E-state index in [0.29, 0.717) is 5.92 Å². The molecule has 0 fully saturated rings. The Bertz CT molecular complexity index is 169. The molecule has 0 bridgehead atoms. The normalized spacial score (nSPS) is 13.4. The maximum absolute atomic E-state index is 11.2. The summed E-state index contributed by atoms with van der Waals surface area (Å²) < 4.78 is 4.70. The van der Waals surface area contributed by atoms with Gasteiger partial charge >= 0.3 is 5.97 Å². The van der Waals surface area contributed by atoms with Crippen LogP contribution in [0.25, 0.3) is 0 Å². The number of methoxy groups -OCH3 is 1. The number of rotatable bonds is 6. The Morgan fingerprint density at radius 3 is 2.21 bits per heavy atom. The van der Waals surface area contributed by atoms with Crippen LogP contribution in [0.3, 0.4) is 0 Å². The molecule has 0 spiro atoms. The molecule has 0 N–H and O–H groups in total. The number of ether oxygens (including phenoxy) is 1. The first kappa shape index (κ1) is 13.4. The molecule has 0 radical (unpaired) electrons. The van der Waals surface area contributed by atoms with Crippen molar-refractivity contribution in [3.05, 3.63) is 0 Å². The number of nitrogens with zero attached hydrogens (tertiary/aromatic N) is 1. The summed E-state index contributed by atoms with van der Waals surface area (Å²) in [6, 6.07) is 0. The highest BCUT2D eigenvalue weighted by Crippen LogP contribution is 2.05. The second-order valence-electron chi connectivity index (χ2n) is 4.17. The van der Waals surface area contributed by atoms with Crippen LogP contribution in [0.5, 0.6) is 0 Å². The van der Waals surface area contributed by atoms with E-state index in [1.54, 1.807) is 0 Å². The quantitative estimate of drug-likeness (QED) is 0.613. The molecule has 1 atom stereocenters. The Kier molecular flexibility index (Phi) is 6.54. The minimum absolute atomic E-state index is 0.0290. The Labute approximate surface area is 87.4 Å². The zero-order valence-corrected chi connectivity index (χ0v) is 10.0. The summed E-state index contributed by atoms with van der Waals surface area (Å²) in [5.74, 6) is 0.491. The number of esters is 1. The number of hydrogen-bond acceptors (Lipinski definition) is 3. The second-order valence-corrected chi connectivity index (χ2v) is 4.17. The molecule has 0 amide bonds. The summed E-state index contributed by atoms with van der Waals surface area (Å²) in [6.45, 7) is 11.2. The van der Waals surface area contributed by atoms with Crippen LogP contribution < -0.4 is 0 Å². The molecule has 0 aromatic carbocycles. The first-order chi connectivity index (χ1) is 6.51. The van der Waals surface area contributed by atoms with Crippen LogP contribution in [-0.2, 0) is 9.53 Å². The van der Waals surface area contributed by atoms with Gasteiger partial charge in [-0.2, -0.15) is 0 Å². The summed E-state index contributed by atoms with van der Waals surface area (Å²) in [5.41, 5.74) is 0. The van der Waals surface area contributed by atoms with Crippen molar-refractivity contribution in [2.24, 2.45) is 11.8 Å². The highest BCUT2D eigenvalue weighted by atomic mass is 16.5. The Hall–Kier alpha value is -0.570. The molecule has 84 valence electrons. The molecule has 3 heteroatoms. The van der Waals surface area contributed by atoms with Crippen LogP contribution in [0.1, 0.15) is 27.7 Å². The molecule has 0 rings (SSSR count). The lowest BCUT2D eigenvalue weighted by atomic mass is 10.1. The fraction of sp³-hybridized carbons (Fsp3) is 0.909. The van der Waals surface area contributed by atoms with Gasteiger partial charge in [-0.05, 0) is 12.5 Å². The Morgan fingerprint density at radius 1 is 1.29 bits per heavy atom. The van der Waals surface area contributed by atoms with Crippen LogP contribution in [0.2, 0.25) is 0 Å². The van der Waals surface area contributed by atoms with Gasteiger partial charge in [0, 0.05) is 13.1 Å². The summed E-state index contributed by atoms with van der Waals surface area (Å²) >= 11 is 0. The topological polar surface area (TPSA) is 29.5 Å². The molecular weight excluding hydrogens is 178 g/mol. The number of hydrogen-bond donors (Lipinski definition) is 0. The molecule has 0 aromatic heterocycles. The van der Waals surface area contributed by atoms with Crippen LogP contribution >= 0.6 is 0 Å². The van der Waals surface area contributed by atoms with Gasteiger partial charge in [-0.3, -0.25) is 4.79 Å². The molecule has 0 saturated carbocycles. The Morgan fingerprint density at radius 2 is 1.86 bits per heavy atom. The van der Waals surface area contributed by atoms with Crippen molar-refractivity contribution in [3.8, 4) is 0 Å². The van der Waals surface area contributed by atoms with Crippen molar-refractivity contribution in [2.75, 3.05) is 26.7 Å². The van der Waals surface area contributed by atoms with Crippen LogP contribution in [0.4, 0.5) is 0 Å². The summed E-state index contributed by atoms with van der Waals surface area (Å²) in [5, 5.41) is 0. The standard InChI is InChI=1S/C11H23NO2/c1-6-12(7-9(2)3)8-10(4)11(13)14-5/h9-10H,6-8H2,1-5H3. The third kappa shape index (κ3) is 5.22. The summed E-state index contributed by atoms with van der Waals surface area (Å²) in [7, 11) is 1.44. The van der Waals surface area contributed by atoms with Gasteiger partial charge in [-0.15, -0.1) is 0 Å². The molecular formula is C11H23NO2. The lowest BCUT2D eigenvalue weighted by molar-refractivity contribution is -0.145. The van der Waals surface area contributed by atoms with Crippen molar-refractivity contribution in [2.45, 2.75) is 27.7 Å². The molecule has 0 aliphatic carbocycles. The van der Waals surface area contributed by atoms with E-state index in [1.165, 1.54) is 7.11 Å². The fourth-order valence-corrected chi connectivity index (χ4v) is 1.51. The van der Waals surface area contributed by atoms with Crippen molar-refractivity contribution in [3.63, 3.8) is 0 Å². The van der Waals surface area contributed by atoms with E-state index in [-0.39, 0.29) is 11.9 Å². The van der Waals surface area contributed by atoms with E-state index in [0.717, 1.165) is 19.6 Å². The summed E-state index contributed by atoms with van der Waals surface area (Å²) in [4.78, 5) is 13.5. The zero-order valence-electron chi connectivity index (χ0n) is 10.0. The maximum Gasteiger partial charge on any atom is 0.309 e. The van der Waals surface area contributed by atoms with Crippen LogP contribution in [0, 0.1) is 11.8 Å². The predicted octanol–water partition coefficient (Wildman–Crippen LogP) is 1.77. The van der Waals surface area contributed by atoms with Gasteiger partial charge in [0.15, 0.2) is 0 Å². The Balaban J connectivity index is 3.97. The van der Waals surface area contributed by atoms with E-state index in [1.807, 2.05) is 6.92 Å². The molecule has 0 heterocycles. The highest BCUT2D eigenvalue weighted by Gasteiger charge is 2.16. The van der Waals surface area contributed by atoms with Gasteiger partial charge in [0.25, 0.3) is 0 Å². The smallest absolute Gasteiger partial charge is 0.309 e. The minimum atomic E-state index is -0.118. The zero-order chi connectivity index (χ0) is 11.1. The van der Waals surface area contributed by atoms with Crippen molar-refractivity contribution in [1.82, 2.24) is 4.90 Å². The van der Waals surface area contributed by atoms with E-state index in [9.17, 15) is 4.79 Å². The molecule has 1 unspecified atom stereocenters.